The molecule has 0 aliphatic rings. The first-order valence-corrected chi connectivity index (χ1v) is 8.32. The normalized spacial score (nSPS) is 10.5. The van der Waals surface area contributed by atoms with Crippen molar-refractivity contribution in [3.63, 3.8) is 0 Å². The lowest BCUT2D eigenvalue weighted by molar-refractivity contribution is 0.395. The molecule has 2 aromatic carbocycles. The second-order valence-electron chi connectivity index (χ2n) is 4.61. The van der Waals surface area contributed by atoms with Crippen molar-refractivity contribution in [1.82, 2.24) is 4.98 Å². The van der Waals surface area contributed by atoms with Gasteiger partial charge in [-0.25, -0.2) is 4.98 Å². The van der Waals surface area contributed by atoms with Gasteiger partial charge in [-0.3, -0.25) is 0 Å². The summed E-state index contributed by atoms with van der Waals surface area (Å²) in [5.74, 6) is 1.52. The molecular weight excluding hydrogens is 362 g/mol. The van der Waals surface area contributed by atoms with E-state index in [2.05, 4.69) is 28.1 Å². The maximum atomic E-state index is 5.45. The van der Waals surface area contributed by atoms with E-state index in [1.165, 1.54) is 0 Å². The number of aromatic nitrogens is 1. The summed E-state index contributed by atoms with van der Waals surface area (Å²) in [6, 6.07) is 13.9. The third-order valence-electron chi connectivity index (χ3n) is 3.28. The summed E-state index contributed by atoms with van der Waals surface area (Å²) in [5, 5.41) is 3.03. The maximum absolute atomic E-state index is 5.45. The second kappa shape index (κ2) is 6.50. The number of rotatable bonds is 4. The molecule has 0 atom stereocenters. The quantitative estimate of drug-likeness (QED) is 0.623. The van der Waals surface area contributed by atoms with Crippen molar-refractivity contribution in [2.45, 2.75) is 0 Å². The first-order chi connectivity index (χ1) is 10.7. The van der Waals surface area contributed by atoms with Gasteiger partial charge in [-0.05, 0) is 24.3 Å². The number of ether oxygens (including phenoxy) is 2. The summed E-state index contributed by atoms with van der Waals surface area (Å²) in [7, 11) is 3.29. The van der Waals surface area contributed by atoms with Gasteiger partial charge < -0.3 is 9.47 Å². The summed E-state index contributed by atoms with van der Waals surface area (Å²) in [5.41, 5.74) is 2.97. The van der Waals surface area contributed by atoms with Crippen LogP contribution in [0.5, 0.6) is 11.5 Å². The zero-order valence-corrected chi connectivity index (χ0v) is 14.6. The fourth-order valence-electron chi connectivity index (χ4n) is 2.13. The predicted molar refractivity (Wildman–Crippen MR) is 93.8 cm³/mol. The van der Waals surface area contributed by atoms with Crippen molar-refractivity contribution >= 4 is 27.3 Å². The molecule has 3 nitrogen and oxygen atoms in total. The highest BCUT2D eigenvalue weighted by Crippen LogP contribution is 2.36. The van der Waals surface area contributed by atoms with Gasteiger partial charge in [-0.2, -0.15) is 0 Å². The van der Waals surface area contributed by atoms with Gasteiger partial charge in [0, 0.05) is 27.0 Å². The predicted octanol–water partition coefficient (Wildman–Crippen LogP) is 5.26. The van der Waals surface area contributed by atoms with Gasteiger partial charge in [0.25, 0.3) is 0 Å². The Morgan fingerprint density at radius 1 is 1.00 bits per heavy atom. The van der Waals surface area contributed by atoms with E-state index in [1.807, 2.05) is 35.7 Å². The van der Waals surface area contributed by atoms with E-state index >= 15 is 0 Å². The second-order valence-corrected chi connectivity index (χ2v) is 6.38. The number of hydrogen-bond acceptors (Lipinski definition) is 4. The third kappa shape index (κ3) is 3.00. The molecule has 1 heterocycles. The molecule has 5 heteroatoms. The maximum Gasteiger partial charge on any atom is 0.131 e. The molecule has 112 valence electrons. The highest BCUT2D eigenvalue weighted by Gasteiger charge is 2.12. The molecule has 0 aliphatic carbocycles. The average Bonchev–Trinajstić information content (AvgIpc) is 3.04. The SMILES string of the molecule is COc1ccc(-c2csc(-c3ccc(Br)cc3)n2)c(OC)c1. The van der Waals surface area contributed by atoms with Crippen molar-refractivity contribution in [2.75, 3.05) is 14.2 Å². The molecule has 0 saturated heterocycles. The Morgan fingerprint density at radius 2 is 1.77 bits per heavy atom. The van der Waals surface area contributed by atoms with Gasteiger partial charge in [0.05, 0.1) is 19.9 Å². The summed E-state index contributed by atoms with van der Waals surface area (Å²) >= 11 is 5.07. The monoisotopic (exact) mass is 375 g/mol. The van der Waals surface area contributed by atoms with Crippen molar-refractivity contribution in [1.29, 1.82) is 0 Å². The Morgan fingerprint density at radius 3 is 2.45 bits per heavy atom. The number of thiazole rings is 1. The highest BCUT2D eigenvalue weighted by molar-refractivity contribution is 9.10. The Bertz CT molecular complexity index is 784. The standard InChI is InChI=1S/C17H14BrNO2S/c1-20-13-7-8-14(16(9-13)21-2)15-10-22-17(19-15)11-3-5-12(18)6-4-11/h3-10H,1-2H3. The Hall–Kier alpha value is -1.85. The van der Waals surface area contributed by atoms with E-state index in [0.717, 1.165) is 37.8 Å². The Kier molecular flexibility index (Phi) is 4.45. The lowest BCUT2D eigenvalue weighted by Crippen LogP contribution is -1.90. The summed E-state index contributed by atoms with van der Waals surface area (Å²) in [6.07, 6.45) is 0. The van der Waals surface area contributed by atoms with Crippen LogP contribution in [-0.2, 0) is 0 Å². The third-order valence-corrected chi connectivity index (χ3v) is 4.70. The van der Waals surface area contributed by atoms with Crippen LogP contribution in [-0.4, -0.2) is 19.2 Å². The summed E-state index contributed by atoms with van der Waals surface area (Å²) < 4.78 is 11.7. The minimum absolute atomic E-state index is 0.756. The van der Waals surface area contributed by atoms with E-state index < -0.39 is 0 Å². The number of nitrogens with zero attached hydrogens (tertiary/aromatic N) is 1. The van der Waals surface area contributed by atoms with Crippen LogP contribution in [0, 0.1) is 0 Å². The van der Waals surface area contributed by atoms with Crippen LogP contribution in [0.2, 0.25) is 0 Å². The fraction of sp³-hybridized carbons (Fsp3) is 0.118. The van der Waals surface area contributed by atoms with E-state index in [-0.39, 0.29) is 0 Å². The van der Waals surface area contributed by atoms with Crippen LogP contribution < -0.4 is 9.47 Å². The summed E-state index contributed by atoms with van der Waals surface area (Å²) in [4.78, 5) is 4.73. The molecule has 3 rings (SSSR count). The molecule has 0 bridgehead atoms. The van der Waals surface area contributed by atoms with Crippen LogP contribution in [0.4, 0.5) is 0 Å². The van der Waals surface area contributed by atoms with Crippen molar-refractivity contribution in [2.24, 2.45) is 0 Å². The minimum atomic E-state index is 0.756. The van der Waals surface area contributed by atoms with Crippen molar-refractivity contribution in [3.05, 3.63) is 52.3 Å². The molecular formula is C17H14BrNO2S. The van der Waals surface area contributed by atoms with Gasteiger partial charge in [0.2, 0.25) is 0 Å². The zero-order chi connectivity index (χ0) is 15.5. The molecule has 0 amide bonds. The Balaban J connectivity index is 1.98. The lowest BCUT2D eigenvalue weighted by Gasteiger charge is -2.08. The van der Waals surface area contributed by atoms with Crippen LogP contribution in [0.3, 0.4) is 0 Å². The van der Waals surface area contributed by atoms with Gasteiger partial charge in [-0.1, -0.05) is 28.1 Å². The molecule has 0 unspecified atom stereocenters. The van der Waals surface area contributed by atoms with Crippen molar-refractivity contribution in [3.8, 4) is 33.3 Å². The first-order valence-electron chi connectivity index (χ1n) is 6.65. The zero-order valence-electron chi connectivity index (χ0n) is 12.2. The largest absolute Gasteiger partial charge is 0.497 e. The van der Waals surface area contributed by atoms with Crippen LogP contribution in [0.25, 0.3) is 21.8 Å². The molecule has 0 spiro atoms. The smallest absolute Gasteiger partial charge is 0.131 e. The topological polar surface area (TPSA) is 31.4 Å². The minimum Gasteiger partial charge on any atom is -0.497 e. The number of methoxy groups -OCH3 is 2. The van der Waals surface area contributed by atoms with Gasteiger partial charge in [-0.15, -0.1) is 11.3 Å². The molecule has 0 radical (unpaired) electrons. The average molecular weight is 376 g/mol. The van der Waals surface area contributed by atoms with E-state index in [1.54, 1.807) is 25.6 Å². The molecule has 0 N–H and O–H groups in total. The molecule has 22 heavy (non-hydrogen) atoms. The van der Waals surface area contributed by atoms with E-state index in [4.69, 9.17) is 14.5 Å². The van der Waals surface area contributed by atoms with Crippen molar-refractivity contribution < 1.29 is 9.47 Å². The lowest BCUT2D eigenvalue weighted by atomic mass is 10.1. The number of benzene rings is 2. The first kappa shape index (κ1) is 15.1. The van der Waals surface area contributed by atoms with Gasteiger partial charge in [0.1, 0.15) is 16.5 Å². The van der Waals surface area contributed by atoms with Crippen LogP contribution in [0.1, 0.15) is 0 Å². The number of hydrogen-bond donors (Lipinski definition) is 0. The Labute approximate surface area is 141 Å². The van der Waals surface area contributed by atoms with E-state index in [9.17, 15) is 0 Å². The molecule has 0 fully saturated rings. The molecule has 0 aliphatic heterocycles. The van der Waals surface area contributed by atoms with Gasteiger partial charge in [0.15, 0.2) is 0 Å². The van der Waals surface area contributed by atoms with Crippen LogP contribution >= 0.6 is 27.3 Å². The highest BCUT2D eigenvalue weighted by atomic mass is 79.9. The number of halogens is 1. The van der Waals surface area contributed by atoms with Crippen LogP contribution in [0.15, 0.2) is 52.3 Å². The summed E-state index contributed by atoms with van der Waals surface area (Å²) in [6.45, 7) is 0. The van der Waals surface area contributed by atoms with Gasteiger partial charge >= 0.3 is 0 Å². The van der Waals surface area contributed by atoms with E-state index in [0.29, 0.717) is 0 Å². The molecule has 0 saturated carbocycles. The molecule has 3 aromatic rings. The molecule has 1 aromatic heterocycles. The fourth-order valence-corrected chi connectivity index (χ4v) is 3.22.